The van der Waals surface area contributed by atoms with Crippen LogP contribution >= 0.6 is 11.6 Å². The number of aromatic nitrogens is 2. The molecule has 0 aliphatic carbocycles. The minimum atomic E-state index is -1.06. The Balaban J connectivity index is 2.31. The molecular formula is C13H12ClN3O2. The minimum absolute atomic E-state index is 0.0503. The van der Waals surface area contributed by atoms with Gasteiger partial charge in [-0.15, -0.1) is 0 Å². The van der Waals surface area contributed by atoms with Crippen LogP contribution in [-0.2, 0) is 0 Å². The fourth-order valence-corrected chi connectivity index (χ4v) is 1.81. The van der Waals surface area contributed by atoms with Gasteiger partial charge in [-0.1, -0.05) is 11.6 Å². The molecule has 2 aromatic rings. The van der Waals surface area contributed by atoms with Crippen LogP contribution in [0.25, 0.3) is 0 Å². The highest BCUT2D eigenvalue weighted by atomic mass is 35.5. The molecule has 19 heavy (non-hydrogen) atoms. The monoisotopic (exact) mass is 277 g/mol. The molecule has 0 radical (unpaired) electrons. The van der Waals surface area contributed by atoms with Gasteiger partial charge in [0.25, 0.3) is 0 Å². The summed E-state index contributed by atoms with van der Waals surface area (Å²) in [5.41, 5.74) is 2.57. The van der Waals surface area contributed by atoms with Crippen molar-refractivity contribution in [1.29, 1.82) is 0 Å². The Kier molecular flexibility index (Phi) is 3.66. The van der Waals surface area contributed by atoms with Crippen LogP contribution in [0.3, 0.4) is 0 Å². The summed E-state index contributed by atoms with van der Waals surface area (Å²) in [6.45, 7) is 3.78. The maximum Gasteiger partial charge on any atom is 0.337 e. The van der Waals surface area contributed by atoms with Gasteiger partial charge in [0.15, 0.2) is 0 Å². The van der Waals surface area contributed by atoms with Gasteiger partial charge in [-0.25, -0.2) is 9.78 Å². The summed E-state index contributed by atoms with van der Waals surface area (Å²) in [5, 5.41) is 12.1. The maximum absolute atomic E-state index is 10.8. The van der Waals surface area contributed by atoms with Crippen LogP contribution in [0.5, 0.6) is 0 Å². The van der Waals surface area contributed by atoms with Gasteiger partial charge in [-0.2, -0.15) is 0 Å². The quantitative estimate of drug-likeness (QED) is 0.901. The Morgan fingerprint density at radius 1 is 1.37 bits per heavy atom. The first-order chi connectivity index (χ1) is 8.97. The third kappa shape index (κ3) is 3.00. The molecule has 98 valence electrons. The summed E-state index contributed by atoms with van der Waals surface area (Å²) < 4.78 is 0. The Morgan fingerprint density at radius 2 is 2.11 bits per heavy atom. The van der Waals surface area contributed by atoms with E-state index < -0.39 is 5.97 Å². The molecular weight excluding hydrogens is 266 g/mol. The highest BCUT2D eigenvalue weighted by Gasteiger charge is 2.09. The fourth-order valence-electron chi connectivity index (χ4n) is 1.59. The lowest BCUT2D eigenvalue weighted by Gasteiger charge is -2.10. The summed E-state index contributed by atoms with van der Waals surface area (Å²) in [5.74, 6) is -0.658. The van der Waals surface area contributed by atoms with E-state index in [0.29, 0.717) is 5.82 Å². The van der Waals surface area contributed by atoms with Crippen molar-refractivity contribution in [3.8, 4) is 0 Å². The standard InChI is InChI=1S/C13H12ClN3O2/c1-7-3-4-11(8(2)16-7)17-12-10(14)5-9(6-15-12)13(18)19/h3-6H,1-2H3,(H,15,17)(H,18,19). The molecule has 0 bridgehead atoms. The number of rotatable bonds is 3. The van der Waals surface area contributed by atoms with Gasteiger partial charge in [-0.3, -0.25) is 4.98 Å². The van der Waals surface area contributed by atoms with E-state index in [4.69, 9.17) is 16.7 Å². The topological polar surface area (TPSA) is 75.1 Å². The van der Waals surface area contributed by atoms with Gasteiger partial charge in [-0.05, 0) is 32.0 Å². The van der Waals surface area contributed by atoms with Crippen molar-refractivity contribution in [1.82, 2.24) is 9.97 Å². The summed E-state index contributed by atoms with van der Waals surface area (Å²) in [6, 6.07) is 5.10. The van der Waals surface area contributed by atoms with E-state index in [1.807, 2.05) is 26.0 Å². The first-order valence-electron chi connectivity index (χ1n) is 5.57. The molecule has 0 spiro atoms. The van der Waals surface area contributed by atoms with Crippen molar-refractivity contribution in [2.75, 3.05) is 5.32 Å². The zero-order valence-corrected chi connectivity index (χ0v) is 11.2. The predicted molar refractivity (Wildman–Crippen MR) is 73.2 cm³/mol. The van der Waals surface area contributed by atoms with E-state index in [-0.39, 0.29) is 10.6 Å². The Labute approximate surface area is 115 Å². The molecule has 2 N–H and O–H groups in total. The molecule has 0 aromatic carbocycles. The number of aromatic carboxylic acids is 1. The lowest BCUT2D eigenvalue weighted by Crippen LogP contribution is -2.02. The second kappa shape index (κ2) is 5.24. The highest BCUT2D eigenvalue weighted by Crippen LogP contribution is 2.25. The van der Waals surface area contributed by atoms with Crippen LogP contribution in [0, 0.1) is 13.8 Å². The maximum atomic E-state index is 10.8. The van der Waals surface area contributed by atoms with Gasteiger partial charge in [0.1, 0.15) is 5.82 Å². The number of carbonyl (C=O) groups is 1. The van der Waals surface area contributed by atoms with Gasteiger partial charge in [0.2, 0.25) is 0 Å². The molecule has 2 rings (SSSR count). The Morgan fingerprint density at radius 3 is 2.68 bits per heavy atom. The van der Waals surface area contributed by atoms with E-state index in [1.54, 1.807) is 0 Å². The molecule has 2 aromatic heterocycles. The number of pyridine rings is 2. The highest BCUT2D eigenvalue weighted by molar-refractivity contribution is 6.33. The van der Waals surface area contributed by atoms with Crippen molar-refractivity contribution < 1.29 is 9.90 Å². The predicted octanol–water partition coefficient (Wildman–Crippen LogP) is 3.19. The van der Waals surface area contributed by atoms with Crippen molar-refractivity contribution in [3.05, 3.63) is 46.4 Å². The number of nitrogens with zero attached hydrogens (tertiary/aromatic N) is 2. The van der Waals surface area contributed by atoms with Crippen LogP contribution in [0.1, 0.15) is 21.7 Å². The smallest absolute Gasteiger partial charge is 0.337 e. The average molecular weight is 278 g/mol. The molecule has 0 atom stereocenters. The third-order valence-electron chi connectivity index (χ3n) is 2.57. The van der Waals surface area contributed by atoms with E-state index in [2.05, 4.69) is 15.3 Å². The zero-order valence-electron chi connectivity index (χ0n) is 10.4. The summed E-state index contributed by atoms with van der Waals surface area (Å²) in [6.07, 6.45) is 1.26. The average Bonchev–Trinajstić information content (AvgIpc) is 2.34. The summed E-state index contributed by atoms with van der Waals surface area (Å²) >= 11 is 6.00. The number of nitrogens with one attached hydrogen (secondary N) is 1. The van der Waals surface area contributed by atoms with Crippen molar-refractivity contribution in [2.45, 2.75) is 13.8 Å². The van der Waals surface area contributed by atoms with Crippen molar-refractivity contribution in [3.63, 3.8) is 0 Å². The SMILES string of the molecule is Cc1ccc(Nc2ncc(C(=O)O)cc2Cl)c(C)n1. The van der Waals surface area contributed by atoms with Crippen LogP contribution in [0.15, 0.2) is 24.4 Å². The van der Waals surface area contributed by atoms with E-state index >= 15 is 0 Å². The number of halogens is 1. The van der Waals surface area contributed by atoms with Crippen molar-refractivity contribution >= 4 is 29.1 Å². The summed E-state index contributed by atoms with van der Waals surface area (Å²) in [4.78, 5) is 19.1. The third-order valence-corrected chi connectivity index (χ3v) is 2.85. The van der Waals surface area contributed by atoms with Crippen LogP contribution < -0.4 is 5.32 Å². The summed E-state index contributed by atoms with van der Waals surface area (Å²) in [7, 11) is 0. The first-order valence-corrected chi connectivity index (χ1v) is 5.95. The minimum Gasteiger partial charge on any atom is -0.478 e. The number of carboxylic acid groups (broad SMARTS) is 1. The largest absolute Gasteiger partial charge is 0.478 e. The number of hydrogen-bond donors (Lipinski definition) is 2. The fraction of sp³-hybridized carbons (Fsp3) is 0.154. The lowest BCUT2D eigenvalue weighted by molar-refractivity contribution is 0.0696. The second-order valence-corrected chi connectivity index (χ2v) is 4.48. The van der Waals surface area contributed by atoms with Crippen molar-refractivity contribution in [2.24, 2.45) is 0 Å². The number of anilines is 2. The zero-order chi connectivity index (χ0) is 14.0. The molecule has 0 saturated heterocycles. The first kappa shape index (κ1) is 13.3. The Bertz CT molecular complexity index is 644. The number of hydrogen-bond acceptors (Lipinski definition) is 4. The van der Waals surface area contributed by atoms with Gasteiger partial charge >= 0.3 is 5.97 Å². The molecule has 0 aliphatic heterocycles. The van der Waals surface area contributed by atoms with Gasteiger partial charge in [0.05, 0.1) is 22.0 Å². The molecule has 5 nitrogen and oxygen atoms in total. The molecule has 0 aliphatic rings. The van der Waals surface area contributed by atoms with E-state index in [0.717, 1.165) is 17.1 Å². The van der Waals surface area contributed by atoms with Gasteiger partial charge < -0.3 is 10.4 Å². The molecule has 0 unspecified atom stereocenters. The molecule has 0 fully saturated rings. The molecule has 0 amide bonds. The molecule has 6 heteroatoms. The lowest BCUT2D eigenvalue weighted by atomic mass is 10.2. The molecule has 0 saturated carbocycles. The van der Waals surface area contributed by atoms with Crippen LogP contribution in [0.4, 0.5) is 11.5 Å². The number of aryl methyl sites for hydroxylation is 2. The number of carboxylic acids is 1. The van der Waals surface area contributed by atoms with E-state index in [9.17, 15) is 4.79 Å². The second-order valence-electron chi connectivity index (χ2n) is 4.07. The Hall–Kier alpha value is -2.14. The van der Waals surface area contributed by atoms with Crippen LogP contribution in [0.2, 0.25) is 5.02 Å². The normalized spacial score (nSPS) is 10.3. The van der Waals surface area contributed by atoms with Gasteiger partial charge in [0, 0.05) is 11.9 Å². The van der Waals surface area contributed by atoms with Crippen LogP contribution in [-0.4, -0.2) is 21.0 Å². The van der Waals surface area contributed by atoms with E-state index in [1.165, 1.54) is 12.3 Å². The molecule has 2 heterocycles.